The molecule has 25 heavy (non-hydrogen) atoms. The Bertz CT molecular complexity index is 724. The number of aromatic nitrogens is 1. The predicted octanol–water partition coefficient (Wildman–Crippen LogP) is 3.32. The van der Waals surface area contributed by atoms with Crippen LogP contribution in [0.1, 0.15) is 16.1 Å². The van der Waals surface area contributed by atoms with Gasteiger partial charge in [-0.05, 0) is 36.4 Å². The summed E-state index contributed by atoms with van der Waals surface area (Å²) in [5, 5.41) is 2.95. The standard InChI is InChI=1S/C17H16F3N3O2/c18-17(19,20)12-1-3-13(4-2-12)22-14-5-6-15(21-11-14)16(24)23-7-9-25-10-8-23/h1-6,11,22H,7-10H2. The maximum atomic E-state index is 12.5. The molecule has 1 N–H and O–H groups in total. The second-order valence-corrected chi connectivity index (χ2v) is 5.54. The van der Waals surface area contributed by atoms with Crippen molar-refractivity contribution < 1.29 is 22.7 Å². The molecular formula is C17H16F3N3O2. The molecule has 1 aliphatic rings. The fourth-order valence-electron chi connectivity index (χ4n) is 2.43. The molecule has 0 saturated carbocycles. The molecule has 1 fully saturated rings. The monoisotopic (exact) mass is 351 g/mol. The van der Waals surface area contributed by atoms with Gasteiger partial charge in [0.25, 0.3) is 5.91 Å². The number of hydrogen-bond donors (Lipinski definition) is 1. The van der Waals surface area contributed by atoms with E-state index >= 15 is 0 Å². The van der Waals surface area contributed by atoms with Gasteiger partial charge in [-0.3, -0.25) is 4.79 Å². The van der Waals surface area contributed by atoms with Crippen LogP contribution in [-0.2, 0) is 10.9 Å². The summed E-state index contributed by atoms with van der Waals surface area (Å²) in [5.41, 5.74) is 0.697. The van der Waals surface area contributed by atoms with E-state index in [4.69, 9.17) is 4.74 Å². The highest BCUT2D eigenvalue weighted by Gasteiger charge is 2.29. The summed E-state index contributed by atoms with van der Waals surface area (Å²) < 4.78 is 42.8. The lowest BCUT2D eigenvalue weighted by atomic mass is 10.2. The van der Waals surface area contributed by atoms with Crippen molar-refractivity contribution in [3.8, 4) is 0 Å². The van der Waals surface area contributed by atoms with Gasteiger partial charge in [0.15, 0.2) is 0 Å². The maximum Gasteiger partial charge on any atom is 0.416 e. The topological polar surface area (TPSA) is 54.5 Å². The highest BCUT2D eigenvalue weighted by atomic mass is 19.4. The Hall–Kier alpha value is -2.61. The molecule has 0 spiro atoms. The van der Waals surface area contributed by atoms with Crippen molar-refractivity contribution in [2.24, 2.45) is 0 Å². The van der Waals surface area contributed by atoms with Crippen LogP contribution < -0.4 is 5.32 Å². The minimum Gasteiger partial charge on any atom is -0.378 e. The maximum absolute atomic E-state index is 12.5. The lowest BCUT2D eigenvalue weighted by molar-refractivity contribution is -0.137. The number of nitrogens with one attached hydrogen (secondary N) is 1. The first-order valence-electron chi connectivity index (χ1n) is 7.71. The van der Waals surface area contributed by atoms with Gasteiger partial charge < -0.3 is 15.0 Å². The number of hydrogen-bond acceptors (Lipinski definition) is 4. The Morgan fingerprint density at radius 1 is 1.04 bits per heavy atom. The third-order valence-corrected chi connectivity index (χ3v) is 3.78. The summed E-state index contributed by atoms with van der Waals surface area (Å²) in [6.45, 7) is 2.09. The lowest BCUT2D eigenvalue weighted by Crippen LogP contribution is -2.41. The third-order valence-electron chi connectivity index (χ3n) is 3.78. The van der Waals surface area contributed by atoms with Gasteiger partial charge in [0.1, 0.15) is 5.69 Å². The van der Waals surface area contributed by atoms with E-state index in [1.54, 1.807) is 17.0 Å². The lowest BCUT2D eigenvalue weighted by Gasteiger charge is -2.26. The van der Waals surface area contributed by atoms with Gasteiger partial charge in [-0.25, -0.2) is 4.98 Å². The van der Waals surface area contributed by atoms with Crippen LogP contribution in [0, 0.1) is 0 Å². The molecule has 1 amide bonds. The van der Waals surface area contributed by atoms with Crippen LogP contribution in [0.3, 0.4) is 0 Å². The molecule has 0 radical (unpaired) electrons. The molecule has 0 unspecified atom stereocenters. The smallest absolute Gasteiger partial charge is 0.378 e. The average molecular weight is 351 g/mol. The zero-order valence-corrected chi connectivity index (χ0v) is 13.2. The first kappa shape index (κ1) is 17.2. The molecule has 1 saturated heterocycles. The van der Waals surface area contributed by atoms with E-state index in [0.717, 1.165) is 12.1 Å². The number of morpholine rings is 1. The van der Waals surface area contributed by atoms with Gasteiger partial charge in [0, 0.05) is 18.8 Å². The van der Waals surface area contributed by atoms with Crippen LogP contribution in [0.2, 0.25) is 0 Å². The molecule has 3 rings (SSSR count). The van der Waals surface area contributed by atoms with Gasteiger partial charge in [0.2, 0.25) is 0 Å². The fourth-order valence-corrected chi connectivity index (χ4v) is 2.43. The van der Waals surface area contributed by atoms with Crippen molar-refractivity contribution in [3.63, 3.8) is 0 Å². The molecular weight excluding hydrogens is 335 g/mol. The second-order valence-electron chi connectivity index (χ2n) is 5.54. The number of carbonyl (C=O) groups is 1. The van der Waals surface area contributed by atoms with Crippen molar-refractivity contribution in [1.82, 2.24) is 9.88 Å². The van der Waals surface area contributed by atoms with E-state index in [0.29, 0.717) is 43.4 Å². The molecule has 8 heteroatoms. The number of amides is 1. The zero-order chi connectivity index (χ0) is 17.9. The normalized spacial score (nSPS) is 15.1. The van der Waals surface area contributed by atoms with Crippen molar-refractivity contribution in [2.75, 3.05) is 31.6 Å². The van der Waals surface area contributed by atoms with E-state index in [9.17, 15) is 18.0 Å². The summed E-state index contributed by atoms with van der Waals surface area (Å²) in [6.07, 6.45) is -2.88. The molecule has 132 valence electrons. The van der Waals surface area contributed by atoms with Crippen LogP contribution in [0.5, 0.6) is 0 Å². The van der Waals surface area contributed by atoms with Crippen LogP contribution in [0.25, 0.3) is 0 Å². The number of alkyl halides is 3. The van der Waals surface area contributed by atoms with Crippen molar-refractivity contribution in [1.29, 1.82) is 0 Å². The number of halogens is 3. The van der Waals surface area contributed by atoms with E-state index in [-0.39, 0.29) is 5.91 Å². The Kier molecular flexibility index (Phi) is 4.89. The van der Waals surface area contributed by atoms with Gasteiger partial charge in [0.05, 0.1) is 30.7 Å². The van der Waals surface area contributed by atoms with Gasteiger partial charge in [-0.2, -0.15) is 13.2 Å². The van der Waals surface area contributed by atoms with Crippen LogP contribution in [0.15, 0.2) is 42.6 Å². The van der Waals surface area contributed by atoms with E-state index in [1.807, 2.05) is 0 Å². The molecule has 2 heterocycles. The summed E-state index contributed by atoms with van der Waals surface area (Å²) in [6, 6.07) is 7.95. The third kappa shape index (κ3) is 4.27. The van der Waals surface area contributed by atoms with Gasteiger partial charge in [-0.15, -0.1) is 0 Å². The number of anilines is 2. The fraction of sp³-hybridized carbons (Fsp3) is 0.294. The SMILES string of the molecule is O=C(c1ccc(Nc2ccc(C(F)(F)F)cc2)cn1)N1CCOCC1. The van der Waals surface area contributed by atoms with E-state index in [1.165, 1.54) is 18.3 Å². The highest BCUT2D eigenvalue weighted by Crippen LogP contribution is 2.30. The minimum atomic E-state index is -4.36. The number of nitrogens with zero attached hydrogens (tertiary/aromatic N) is 2. The summed E-state index contributed by atoms with van der Waals surface area (Å²) >= 11 is 0. The van der Waals surface area contributed by atoms with E-state index < -0.39 is 11.7 Å². The average Bonchev–Trinajstić information content (AvgIpc) is 2.62. The second kappa shape index (κ2) is 7.10. The predicted molar refractivity (Wildman–Crippen MR) is 85.7 cm³/mol. The number of rotatable bonds is 3. The Balaban J connectivity index is 1.65. The molecule has 2 aromatic rings. The first-order chi connectivity index (χ1) is 11.9. The molecule has 1 aromatic carbocycles. The number of ether oxygens (including phenoxy) is 1. The van der Waals surface area contributed by atoms with Crippen LogP contribution in [0.4, 0.5) is 24.5 Å². The van der Waals surface area contributed by atoms with Gasteiger partial charge in [-0.1, -0.05) is 0 Å². The Labute approximate surface area is 142 Å². The van der Waals surface area contributed by atoms with Crippen LogP contribution in [-0.4, -0.2) is 42.1 Å². The molecule has 1 aliphatic heterocycles. The molecule has 0 atom stereocenters. The molecule has 1 aromatic heterocycles. The largest absolute Gasteiger partial charge is 0.416 e. The van der Waals surface area contributed by atoms with Crippen molar-refractivity contribution >= 4 is 17.3 Å². The molecule has 0 aliphatic carbocycles. The Morgan fingerprint density at radius 2 is 1.68 bits per heavy atom. The number of carbonyl (C=O) groups excluding carboxylic acids is 1. The highest BCUT2D eigenvalue weighted by molar-refractivity contribution is 5.92. The summed E-state index contributed by atoms with van der Waals surface area (Å²) in [5.74, 6) is -0.163. The van der Waals surface area contributed by atoms with Crippen molar-refractivity contribution in [2.45, 2.75) is 6.18 Å². The molecule has 0 bridgehead atoms. The number of benzene rings is 1. The van der Waals surface area contributed by atoms with Crippen LogP contribution >= 0.6 is 0 Å². The van der Waals surface area contributed by atoms with Gasteiger partial charge >= 0.3 is 6.18 Å². The summed E-state index contributed by atoms with van der Waals surface area (Å²) in [4.78, 5) is 18.1. The first-order valence-corrected chi connectivity index (χ1v) is 7.71. The van der Waals surface area contributed by atoms with Crippen molar-refractivity contribution in [3.05, 3.63) is 53.9 Å². The zero-order valence-electron chi connectivity index (χ0n) is 13.2. The Morgan fingerprint density at radius 3 is 2.24 bits per heavy atom. The summed E-state index contributed by atoms with van der Waals surface area (Å²) in [7, 11) is 0. The van der Waals surface area contributed by atoms with E-state index in [2.05, 4.69) is 10.3 Å². The molecule has 5 nitrogen and oxygen atoms in total. The minimum absolute atomic E-state index is 0.163. The quantitative estimate of drug-likeness (QED) is 0.922. The number of pyridine rings is 1.